The predicted octanol–water partition coefficient (Wildman–Crippen LogP) is 2.17. The van der Waals surface area contributed by atoms with Crippen LogP contribution in [0.1, 0.15) is 19.0 Å². The average molecular weight is 173 g/mol. The van der Waals surface area contributed by atoms with E-state index in [1.165, 1.54) is 5.57 Å². The first-order valence-electron chi connectivity index (χ1n) is 4.26. The van der Waals surface area contributed by atoms with E-state index in [2.05, 4.69) is 27.1 Å². The third-order valence-electron chi connectivity index (χ3n) is 1.93. The van der Waals surface area contributed by atoms with Gasteiger partial charge in [0.1, 0.15) is 0 Å². The molecule has 3 nitrogen and oxygen atoms in total. The largest absolute Gasteiger partial charge is 0.343 e. The number of allylic oxidation sites excluding steroid dienone is 3. The fourth-order valence-corrected chi connectivity index (χ4v) is 1.21. The molecule has 3 heteroatoms. The van der Waals surface area contributed by atoms with Crippen molar-refractivity contribution in [3.8, 4) is 0 Å². The lowest BCUT2D eigenvalue weighted by molar-refractivity contribution is 1.28. The van der Waals surface area contributed by atoms with Crippen molar-refractivity contribution in [1.82, 2.24) is 9.97 Å². The van der Waals surface area contributed by atoms with Gasteiger partial charge >= 0.3 is 0 Å². The fraction of sp³-hybridized carbons (Fsp3) is 0.200. The van der Waals surface area contributed by atoms with E-state index in [-0.39, 0.29) is 0 Å². The molecule has 0 atom stereocenters. The lowest BCUT2D eigenvalue weighted by Gasteiger charge is -1.94. The average Bonchev–Trinajstić information content (AvgIpc) is 2.56. The van der Waals surface area contributed by atoms with Crippen LogP contribution >= 0.6 is 0 Å². The van der Waals surface area contributed by atoms with Crippen molar-refractivity contribution in [3.63, 3.8) is 0 Å². The topological polar surface area (TPSA) is 41.0 Å². The van der Waals surface area contributed by atoms with Gasteiger partial charge in [0.05, 0.1) is 23.9 Å². The fourth-order valence-electron chi connectivity index (χ4n) is 1.21. The van der Waals surface area contributed by atoms with Crippen molar-refractivity contribution in [3.05, 3.63) is 35.9 Å². The van der Waals surface area contributed by atoms with Crippen LogP contribution in [0.2, 0.25) is 0 Å². The number of aromatic nitrogens is 2. The van der Waals surface area contributed by atoms with Crippen molar-refractivity contribution in [2.45, 2.75) is 13.3 Å². The van der Waals surface area contributed by atoms with E-state index in [1.807, 2.05) is 13.1 Å². The molecule has 0 radical (unpaired) electrons. The Morgan fingerprint density at radius 1 is 1.38 bits per heavy atom. The van der Waals surface area contributed by atoms with E-state index in [9.17, 15) is 0 Å². The molecule has 1 aromatic rings. The van der Waals surface area contributed by atoms with Gasteiger partial charge in [0.15, 0.2) is 0 Å². The molecule has 1 aliphatic heterocycles. The van der Waals surface area contributed by atoms with Crippen LogP contribution in [-0.4, -0.2) is 16.2 Å². The lowest BCUT2D eigenvalue weighted by Crippen LogP contribution is -1.80. The summed E-state index contributed by atoms with van der Waals surface area (Å²) in [5, 5.41) is 0. The Morgan fingerprint density at radius 3 is 3.08 bits per heavy atom. The number of aromatic amines is 1. The Hall–Kier alpha value is -1.64. The molecule has 0 saturated heterocycles. The van der Waals surface area contributed by atoms with Crippen LogP contribution in [0.5, 0.6) is 0 Å². The van der Waals surface area contributed by atoms with Crippen LogP contribution in [0.3, 0.4) is 0 Å². The van der Waals surface area contributed by atoms with Gasteiger partial charge in [0.2, 0.25) is 0 Å². The maximum atomic E-state index is 4.34. The number of rotatable bonds is 1. The normalized spacial score (nSPS) is 16.4. The second-order valence-corrected chi connectivity index (χ2v) is 3.00. The maximum Gasteiger partial charge on any atom is 0.0924 e. The molecule has 0 amide bonds. The standard InChI is InChI=1S/C10H11N3/c1-8-3-2-4-9(12-5-8)10-6-11-7-13-10/h3-7H,2H2,1H3,(H,11,13). The molecule has 0 bridgehead atoms. The summed E-state index contributed by atoms with van der Waals surface area (Å²) in [7, 11) is 0. The first-order valence-corrected chi connectivity index (χ1v) is 4.26. The number of aliphatic imine (C=N–C) groups is 1. The lowest BCUT2D eigenvalue weighted by atomic mass is 10.2. The minimum Gasteiger partial charge on any atom is -0.343 e. The van der Waals surface area contributed by atoms with Crippen molar-refractivity contribution in [1.29, 1.82) is 0 Å². The molecule has 0 unspecified atom stereocenters. The summed E-state index contributed by atoms with van der Waals surface area (Å²) in [6.07, 6.45) is 10.5. The second-order valence-electron chi connectivity index (χ2n) is 3.00. The maximum absolute atomic E-state index is 4.34. The zero-order chi connectivity index (χ0) is 9.10. The van der Waals surface area contributed by atoms with Crippen LogP contribution in [0.4, 0.5) is 0 Å². The van der Waals surface area contributed by atoms with Gasteiger partial charge in [-0.15, -0.1) is 0 Å². The van der Waals surface area contributed by atoms with Crippen molar-refractivity contribution in [2.24, 2.45) is 4.99 Å². The highest BCUT2D eigenvalue weighted by atomic mass is 14.9. The quantitative estimate of drug-likeness (QED) is 0.694. The van der Waals surface area contributed by atoms with Gasteiger partial charge in [0.25, 0.3) is 0 Å². The number of nitrogens with one attached hydrogen (secondary N) is 1. The molecule has 66 valence electrons. The molecule has 0 aromatic carbocycles. The number of H-pyrrole nitrogens is 1. The Morgan fingerprint density at radius 2 is 2.31 bits per heavy atom. The second kappa shape index (κ2) is 3.39. The predicted molar refractivity (Wildman–Crippen MR) is 53.4 cm³/mol. The number of hydrogen-bond acceptors (Lipinski definition) is 2. The van der Waals surface area contributed by atoms with Gasteiger partial charge in [-0.25, -0.2) is 4.98 Å². The van der Waals surface area contributed by atoms with E-state index in [4.69, 9.17) is 0 Å². The smallest absolute Gasteiger partial charge is 0.0924 e. The van der Waals surface area contributed by atoms with Gasteiger partial charge < -0.3 is 4.98 Å². The van der Waals surface area contributed by atoms with Gasteiger partial charge in [-0.2, -0.15) is 0 Å². The number of hydrogen-bond donors (Lipinski definition) is 1. The van der Waals surface area contributed by atoms with Crippen molar-refractivity contribution < 1.29 is 0 Å². The third-order valence-corrected chi connectivity index (χ3v) is 1.93. The zero-order valence-corrected chi connectivity index (χ0v) is 7.49. The van der Waals surface area contributed by atoms with Crippen LogP contribution in [0.25, 0.3) is 5.70 Å². The summed E-state index contributed by atoms with van der Waals surface area (Å²) in [6.45, 7) is 2.05. The Bertz CT molecular complexity index is 369. The minimum atomic E-state index is 0.931. The van der Waals surface area contributed by atoms with Gasteiger partial charge in [-0.3, -0.25) is 4.99 Å². The summed E-state index contributed by atoms with van der Waals surface area (Å²) < 4.78 is 0. The molecule has 13 heavy (non-hydrogen) atoms. The molecule has 2 heterocycles. The molecule has 1 aliphatic rings. The van der Waals surface area contributed by atoms with E-state index in [0.717, 1.165) is 17.8 Å². The third kappa shape index (κ3) is 1.75. The summed E-state index contributed by atoms with van der Waals surface area (Å²) in [6, 6.07) is 0. The van der Waals surface area contributed by atoms with Crippen LogP contribution in [0, 0.1) is 0 Å². The van der Waals surface area contributed by atoms with E-state index < -0.39 is 0 Å². The minimum absolute atomic E-state index is 0.931. The van der Waals surface area contributed by atoms with E-state index >= 15 is 0 Å². The monoisotopic (exact) mass is 173 g/mol. The highest BCUT2D eigenvalue weighted by Crippen LogP contribution is 2.15. The summed E-state index contributed by atoms with van der Waals surface area (Å²) in [5.74, 6) is 0. The van der Waals surface area contributed by atoms with Gasteiger partial charge in [0, 0.05) is 6.21 Å². The van der Waals surface area contributed by atoms with Crippen LogP contribution in [-0.2, 0) is 0 Å². The molecule has 0 spiro atoms. The Balaban J connectivity index is 2.28. The van der Waals surface area contributed by atoms with Crippen LogP contribution < -0.4 is 0 Å². The van der Waals surface area contributed by atoms with E-state index in [1.54, 1.807) is 12.5 Å². The molecule has 1 aromatic heterocycles. The SMILES string of the molecule is CC1=CCC=C(c2cnc[nH]2)N=C1. The van der Waals surface area contributed by atoms with E-state index in [0.29, 0.717) is 0 Å². The van der Waals surface area contributed by atoms with Gasteiger partial charge in [-0.1, -0.05) is 12.2 Å². The number of imidazole rings is 1. The van der Waals surface area contributed by atoms with Crippen molar-refractivity contribution >= 4 is 11.9 Å². The zero-order valence-electron chi connectivity index (χ0n) is 7.49. The van der Waals surface area contributed by atoms with Gasteiger partial charge in [-0.05, 0) is 18.9 Å². The van der Waals surface area contributed by atoms with Crippen molar-refractivity contribution in [2.75, 3.05) is 0 Å². The first-order chi connectivity index (χ1) is 6.36. The molecule has 2 rings (SSSR count). The molecule has 0 saturated carbocycles. The first kappa shape index (κ1) is 7.98. The molecule has 0 fully saturated rings. The molecular formula is C10H11N3. The highest BCUT2D eigenvalue weighted by molar-refractivity contribution is 5.84. The summed E-state index contributed by atoms with van der Waals surface area (Å²) in [5.41, 5.74) is 3.13. The molecular weight excluding hydrogens is 162 g/mol. The number of nitrogens with zero attached hydrogens (tertiary/aromatic N) is 2. The van der Waals surface area contributed by atoms with Crippen LogP contribution in [0.15, 0.2) is 35.2 Å². The highest BCUT2D eigenvalue weighted by Gasteiger charge is 2.01. The molecule has 1 N–H and O–H groups in total. The molecule has 0 aliphatic carbocycles. The summed E-state index contributed by atoms with van der Waals surface area (Å²) in [4.78, 5) is 11.3. The Labute approximate surface area is 76.9 Å². The summed E-state index contributed by atoms with van der Waals surface area (Å²) >= 11 is 0. The Kier molecular flexibility index (Phi) is 2.08.